The van der Waals surface area contributed by atoms with Crippen LogP contribution in [0.5, 0.6) is 5.75 Å². The maximum atomic E-state index is 12.5. The third-order valence-corrected chi connectivity index (χ3v) is 4.51. The van der Waals surface area contributed by atoms with Gasteiger partial charge in [-0.3, -0.25) is 14.5 Å². The number of nitrogens with one attached hydrogen (secondary N) is 1. The molecule has 0 bridgehead atoms. The van der Waals surface area contributed by atoms with Crippen LogP contribution < -0.4 is 10.1 Å². The van der Waals surface area contributed by atoms with Crippen LogP contribution in [-0.2, 0) is 9.53 Å². The van der Waals surface area contributed by atoms with Gasteiger partial charge in [0.2, 0.25) is 0 Å². The van der Waals surface area contributed by atoms with Gasteiger partial charge in [0.15, 0.2) is 5.78 Å². The van der Waals surface area contributed by atoms with E-state index < -0.39 is 11.6 Å². The van der Waals surface area contributed by atoms with Gasteiger partial charge in [0.1, 0.15) is 11.3 Å². The van der Waals surface area contributed by atoms with Crippen LogP contribution in [0.2, 0.25) is 0 Å². The van der Waals surface area contributed by atoms with Crippen molar-refractivity contribution in [3.8, 4) is 5.75 Å². The highest BCUT2D eigenvalue weighted by Gasteiger charge is 2.53. The molecule has 2 aliphatic rings. The number of carbonyl (C=O) groups is 3. The largest absolute Gasteiger partial charge is 0.494 e. The van der Waals surface area contributed by atoms with Crippen LogP contribution >= 0.6 is 0 Å². The molecule has 2 saturated heterocycles. The van der Waals surface area contributed by atoms with Crippen LogP contribution in [-0.4, -0.2) is 54.5 Å². The van der Waals surface area contributed by atoms with E-state index >= 15 is 0 Å². The molecule has 0 saturated carbocycles. The summed E-state index contributed by atoms with van der Waals surface area (Å²) in [5.41, 5.74) is -0.555. The van der Waals surface area contributed by atoms with Crippen LogP contribution in [0.15, 0.2) is 24.3 Å². The summed E-state index contributed by atoms with van der Waals surface area (Å²) in [6.45, 7) is 3.03. The number of hydrogen-bond donors (Lipinski definition) is 1. The lowest BCUT2D eigenvalue weighted by molar-refractivity contribution is -0.131. The van der Waals surface area contributed by atoms with E-state index in [4.69, 9.17) is 9.47 Å². The quantitative estimate of drug-likeness (QED) is 0.462. The van der Waals surface area contributed by atoms with E-state index in [0.29, 0.717) is 30.9 Å². The van der Waals surface area contributed by atoms with E-state index in [2.05, 4.69) is 12.2 Å². The highest BCUT2D eigenvalue weighted by atomic mass is 16.5. The topological polar surface area (TPSA) is 84.9 Å². The van der Waals surface area contributed by atoms with Crippen molar-refractivity contribution >= 4 is 17.7 Å². The van der Waals surface area contributed by atoms with E-state index in [9.17, 15) is 14.4 Å². The molecule has 3 rings (SSSR count). The molecule has 2 fully saturated rings. The average molecular weight is 346 g/mol. The fourth-order valence-corrected chi connectivity index (χ4v) is 2.96. The molecular weight excluding hydrogens is 324 g/mol. The van der Waals surface area contributed by atoms with Crippen LogP contribution in [0.4, 0.5) is 4.79 Å². The number of imide groups is 1. The molecule has 7 nitrogen and oxygen atoms in total. The van der Waals surface area contributed by atoms with Gasteiger partial charge < -0.3 is 14.8 Å². The number of unbranched alkanes of at least 4 members (excludes halogenated alkanes) is 1. The van der Waals surface area contributed by atoms with E-state index in [1.165, 1.54) is 0 Å². The maximum absolute atomic E-state index is 12.5. The van der Waals surface area contributed by atoms with E-state index in [0.717, 1.165) is 17.7 Å². The summed E-state index contributed by atoms with van der Waals surface area (Å²) in [5, 5.41) is 2.66. The van der Waals surface area contributed by atoms with Crippen LogP contribution in [0.1, 0.15) is 36.5 Å². The van der Waals surface area contributed by atoms with Gasteiger partial charge in [0.25, 0.3) is 5.91 Å². The van der Waals surface area contributed by atoms with Crippen molar-refractivity contribution in [1.29, 1.82) is 0 Å². The van der Waals surface area contributed by atoms with Gasteiger partial charge in [-0.15, -0.1) is 0 Å². The fraction of sp³-hybridized carbons (Fsp3) is 0.500. The average Bonchev–Trinajstić information content (AvgIpc) is 3.17. The molecule has 7 heteroatoms. The Hall–Kier alpha value is -2.41. The van der Waals surface area contributed by atoms with Crippen LogP contribution in [0.25, 0.3) is 0 Å². The SMILES string of the molecule is CCCCOc1ccc(C(=O)CN2C(=O)N[C@]3(CCOC3)C2=O)cc1. The van der Waals surface area contributed by atoms with Crippen molar-refractivity contribution < 1.29 is 23.9 Å². The summed E-state index contributed by atoms with van der Waals surface area (Å²) >= 11 is 0. The molecule has 134 valence electrons. The summed E-state index contributed by atoms with van der Waals surface area (Å²) in [6, 6.07) is 6.21. The normalized spacial score (nSPS) is 22.5. The first kappa shape index (κ1) is 17.4. The lowest BCUT2D eigenvalue weighted by atomic mass is 9.99. The fourth-order valence-electron chi connectivity index (χ4n) is 2.96. The molecule has 1 atom stereocenters. The number of nitrogens with zero attached hydrogens (tertiary/aromatic N) is 1. The number of amides is 3. The van der Waals surface area contributed by atoms with Crippen molar-refractivity contribution in [2.75, 3.05) is 26.4 Å². The minimum absolute atomic E-state index is 0.159. The van der Waals surface area contributed by atoms with Gasteiger partial charge in [-0.05, 0) is 30.7 Å². The molecule has 0 radical (unpaired) electrons. The first-order chi connectivity index (χ1) is 12.1. The Morgan fingerprint density at radius 1 is 1.32 bits per heavy atom. The second-order valence-corrected chi connectivity index (χ2v) is 6.36. The summed E-state index contributed by atoms with van der Waals surface area (Å²) in [5.74, 6) is 0.0180. The first-order valence-electron chi connectivity index (χ1n) is 8.54. The molecule has 2 aliphatic heterocycles. The molecule has 1 spiro atoms. The van der Waals surface area contributed by atoms with Crippen LogP contribution in [0, 0.1) is 0 Å². The highest BCUT2D eigenvalue weighted by molar-refractivity contribution is 6.11. The van der Waals surface area contributed by atoms with Crippen molar-refractivity contribution in [3.63, 3.8) is 0 Å². The van der Waals surface area contributed by atoms with Crippen LogP contribution in [0.3, 0.4) is 0 Å². The standard InChI is InChI=1S/C18H22N2O5/c1-2-3-9-25-14-6-4-13(5-7-14)15(21)11-20-16(22)18(19-17(20)23)8-10-24-12-18/h4-7H,2-3,8-12H2,1H3,(H,19,23)/t18-/m0/s1. The number of carbonyl (C=O) groups excluding carboxylic acids is 3. The molecule has 3 amide bonds. The number of ketones is 1. The predicted octanol–water partition coefficient (Wildman–Crippen LogP) is 1.76. The monoisotopic (exact) mass is 346 g/mol. The van der Waals surface area contributed by atoms with Gasteiger partial charge in [0, 0.05) is 18.6 Å². The molecule has 1 aromatic rings. The third-order valence-electron chi connectivity index (χ3n) is 4.51. The molecule has 0 unspecified atom stereocenters. The zero-order chi connectivity index (χ0) is 17.9. The summed E-state index contributed by atoms with van der Waals surface area (Å²) < 4.78 is 10.8. The first-order valence-corrected chi connectivity index (χ1v) is 8.54. The Labute approximate surface area is 146 Å². The Morgan fingerprint density at radius 3 is 2.72 bits per heavy atom. The van der Waals surface area contributed by atoms with Gasteiger partial charge in [-0.25, -0.2) is 4.79 Å². The molecule has 0 aliphatic carbocycles. The van der Waals surface area contributed by atoms with Gasteiger partial charge in [-0.1, -0.05) is 13.3 Å². The summed E-state index contributed by atoms with van der Waals surface area (Å²) in [4.78, 5) is 38.0. The van der Waals surface area contributed by atoms with Crippen molar-refractivity contribution in [2.24, 2.45) is 0 Å². The molecule has 1 aromatic carbocycles. The summed E-state index contributed by atoms with van der Waals surface area (Å²) in [7, 11) is 0. The highest BCUT2D eigenvalue weighted by Crippen LogP contribution is 2.27. The Bertz CT molecular complexity index is 665. The number of ether oxygens (including phenoxy) is 2. The van der Waals surface area contributed by atoms with Crippen molar-refractivity contribution in [3.05, 3.63) is 29.8 Å². The second kappa shape index (κ2) is 7.23. The molecule has 2 heterocycles. The molecule has 0 aromatic heterocycles. The van der Waals surface area contributed by atoms with E-state index in [1.54, 1.807) is 24.3 Å². The maximum Gasteiger partial charge on any atom is 0.325 e. The zero-order valence-electron chi connectivity index (χ0n) is 14.2. The van der Waals surface area contributed by atoms with Gasteiger partial charge >= 0.3 is 6.03 Å². The molecule has 1 N–H and O–H groups in total. The summed E-state index contributed by atoms with van der Waals surface area (Å²) in [6.07, 6.45) is 2.46. The second-order valence-electron chi connectivity index (χ2n) is 6.36. The van der Waals surface area contributed by atoms with E-state index in [1.807, 2.05) is 0 Å². The Kier molecular flexibility index (Phi) is 5.03. The number of hydrogen-bond acceptors (Lipinski definition) is 5. The zero-order valence-corrected chi connectivity index (χ0v) is 14.2. The number of urea groups is 1. The predicted molar refractivity (Wildman–Crippen MR) is 89.6 cm³/mol. The van der Waals surface area contributed by atoms with Gasteiger partial charge in [-0.2, -0.15) is 0 Å². The number of Topliss-reactive ketones (excluding diaryl/α,β-unsaturated/α-hetero) is 1. The number of rotatable bonds is 7. The number of benzene rings is 1. The smallest absolute Gasteiger partial charge is 0.325 e. The Balaban J connectivity index is 1.62. The van der Waals surface area contributed by atoms with E-state index in [-0.39, 0.29) is 24.8 Å². The lowest BCUT2D eigenvalue weighted by Gasteiger charge is -2.18. The minimum Gasteiger partial charge on any atom is -0.494 e. The van der Waals surface area contributed by atoms with Crippen molar-refractivity contribution in [1.82, 2.24) is 10.2 Å². The Morgan fingerprint density at radius 2 is 2.08 bits per heavy atom. The molecular formula is C18H22N2O5. The molecule has 25 heavy (non-hydrogen) atoms. The third kappa shape index (κ3) is 3.51. The van der Waals surface area contributed by atoms with Crippen molar-refractivity contribution in [2.45, 2.75) is 31.7 Å². The lowest BCUT2D eigenvalue weighted by Crippen LogP contribution is -2.47. The van der Waals surface area contributed by atoms with Gasteiger partial charge in [0.05, 0.1) is 19.8 Å². The minimum atomic E-state index is -0.992.